The highest BCUT2D eigenvalue weighted by Gasteiger charge is 2.25. The Balaban J connectivity index is 1.75. The zero-order valence-corrected chi connectivity index (χ0v) is 14.4. The minimum absolute atomic E-state index is 0.246. The number of carbonyl (C=O) groups excluding carboxylic acids is 2. The van der Waals surface area contributed by atoms with E-state index < -0.39 is 22.4 Å². The number of aromatic nitrogens is 4. The maximum atomic E-state index is 12.3. The average molecular weight is 369 g/mol. The fourth-order valence-corrected chi connectivity index (χ4v) is 2.37. The molecule has 0 atom stereocenters. The number of nitrogens with one attached hydrogen (secondary N) is 2. The summed E-state index contributed by atoms with van der Waals surface area (Å²) in [5.74, 6) is -1.13. The molecule has 11 nitrogen and oxygen atoms in total. The van der Waals surface area contributed by atoms with Crippen LogP contribution in [0.5, 0.6) is 0 Å². The lowest BCUT2D eigenvalue weighted by Crippen LogP contribution is -2.16. The molecule has 0 fully saturated rings. The second-order valence-electron chi connectivity index (χ2n) is 5.66. The van der Waals surface area contributed by atoms with E-state index >= 15 is 0 Å². The van der Waals surface area contributed by atoms with Crippen LogP contribution in [0.2, 0.25) is 0 Å². The van der Waals surface area contributed by atoms with Crippen LogP contribution in [0.25, 0.3) is 0 Å². The summed E-state index contributed by atoms with van der Waals surface area (Å²) in [4.78, 5) is 34.8. The van der Waals surface area contributed by atoms with Crippen molar-refractivity contribution in [2.45, 2.75) is 0 Å². The molecule has 0 saturated carbocycles. The van der Waals surface area contributed by atoms with Crippen LogP contribution >= 0.6 is 0 Å². The number of rotatable bonds is 5. The first-order valence-electron chi connectivity index (χ1n) is 7.74. The van der Waals surface area contributed by atoms with Crippen LogP contribution in [0.1, 0.15) is 21.0 Å². The number of nitro groups is 1. The highest BCUT2D eigenvalue weighted by Crippen LogP contribution is 2.20. The van der Waals surface area contributed by atoms with Crippen molar-refractivity contribution in [2.75, 3.05) is 10.6 Å². The van der Waals surface area contributed by atoms with Gasteiger partial charge in [-0.15, -0.1) is 0 Å². The predicted molar refractivity (Wildman–Crippen MR) is 95.4 cm³/mol. The number of hydrogen-bond donors (Lipinski definition) is 2. The van der Waals surface area contributed by atoms with Gasteiger partial charge in [-0.3, -0.25) is 29.1 Å². The summed E-state index contributed by atoms with van der Waals surface area (Å²) in [6.45, 7) is 0. The lowest BCUT2D eigenvalue weighted by Gasteiger charge is -2.07. The van der Waals surface area contributed by atoms with E-state index in [0.717, 1.165) is 6.20 Å². The third-order valence-corrected chi connectivity index (χ3v) is 3.55. The van der Waals surface area contributed by atoms with Gasteiger partial charge >= 0.3 is 5.69 Å². The zero-order valence-electron chi connectivity index (χ0n) is 14.4. The van der Waals surface area contributed by atoms with Crippen molar-refractivity contribution in [1.29, 1.82) is 0 Å². The molecule has 3 rings (SSSR count). The van der Waals surface area contributed by atoms with Gasteiger partial charge in [-0.1, -0.05) is 6.07 Å². The third-order valence-electron chi connectivity index (χ3n) is 3.55. The van der Waals surface area contributed by atoms with Crippen LogP contribution in [0.4, 0.5) is 17.1 Å². The van der Waals surface area contributed by atoms with E-state index in [1.54, 1.807) is 37.5 Å². The molecule has 11 heteroatoms. The van der Waals surface area contributed by atoms with Gasteiger partial charge in [-0.25, -0.2) is 0 Å². The Labute approximate surface area is 152 Å². The van der Waals surface area contributed by atoms with E-state index in [2.05, 4.69) is 20.8 Å². The van der Waals surface area contributed by atoms with E-state index in [0.29, 0.717) is 11.4 Å². The summed E-state index contributed by atoms with van der Waals surface area (Å²) >= 11 is 0. The van der Waals surface area contributed by atoms with Crippen molar-refractivity contribution < 1.29 is 14.5 Å². The van der Waals surface area contributed by atoms with Crippen molar-refractivity contribution in [3.8, 4) is 0 Å². The maximum Gasteiger partial charge on any atom is 0.320 e. The molecule has 2 heterocycles. The van der Waals surface area contributed by atoms with Gasteiger partial charge in [0.2, 0.25) is 5.69 Å². The SMILES string of the molecule is Cn1ccc(C(=O)Nc2cccc(NC(=O)c3nn(C)cc3[N+](=O)[O-])c2)n1. The quantitative estimate of drug-likeness (QED) is 0.517. The van der Waals surface area contributed by atoms with Crippen molar-refractivity contribution in [1.82, 2.24) is 19.6 Å². The molecule has 0 aliphatic heterocycles. The molecule has 0 radical (unpaired) electrons. The topological polar surface area (TPSA) is 137 Å². The van der Waals surface area contributed by atoms with Gasteiger partial charge in [0.25, 0.3) is 11.8 Å². The van der Waals surface area contributed by atoms with Crippen molar-refractivity contribution >= 4 is 28.9 Å². The summed E-state index contributed by atoms with van der Waals surface area (Å²) in [6, 6.07) is 7.94. The molecule has 1 aromatic carbocycles. The molecule has 2 N–H and O–H groups in total. The van der Waals surface area contributed by atoms with Crippen LogP contribution < -0.4 is 10.6 Å². The predicted octanol–water partition coefficient (Wildman–Crippen LogP) is 1.57. The largest absolute Gasteiger partial charge is 0.321 e. The van der Waals surface area contributed by atoms with Gasteiger partial charge < -0.3 is 10.6 Å². The van der Waals surface area contributed by atoms with E-state index in [9.17, 15) is 19.7 Å². The van der Waals surface area contributed by atoms with Crippen LogP contribution in [-0.4, -0.2) is 36.3 Å². The number of amides is 2. The highest BCUT2D eigenvalue weighted by atomic mass is 16.6. The lowest BCUT2D eigenvalue weighted by atomic mass is 10.2. The number of hydrogen-bond acceptors (Lipinski definition) is 6. The fraction of sp³-hybridized carbons (Fsp3) is 0.125. The molecule has 0 saturated heterocycles. The Kier molecular flexibility index (Phi) is 4.66. The molecular formula is C16H15N7O4. The zero-order chi connectivity index (χ0) is 19.6. The first-order valence-corrected chi connectivity index (χ1v) is 7.74. The number of benzene rings is 1. The maximum absolute atomic E-state index is 12.3. The summed E-state index contributed by atoms with van der Waals surface area (Å²) < 4.78 is 2.70. The Hall–Kier alpha value is -4.02. The Morgan fingerprint density at radius 1 is 1.04 bits per heavy atom. The molecule has 138 valence electrons. The summed E-state index contributed by atoms with van der Waals surface area (Å²) in [7, 11) is 3.18. The van der Waals surface area contributed by atoms with Crippen molar-refractivity contribution in [3.63, 3.8) is 0 Å². The summed E-state index contributed by atoms with van der Waals surface area (Å²) in [5.41, 5.74) is 0.328. The summed E-state index contributed by atoms with van der Waals surface area (Å²) in [5, 5.41) is 24.0. The average Bonchev–Trinajstić information content (AvgIpc) is 3.21. The Morgan fingerprint density at radius 2 is 1.70 bits per heavy atom. The first-order chi connectivity index (χ1) is 12.8. The molecular weight excluding hydrogens is 354 g/mol. The minimum atomic E-state index is -0.726. The van der Waals surface area contributed by atoms with Crippen LogP contribution in [0, 0.1) is 10.1 Å². The smallest absolute Gasteiger partial charge is 0.320 e. The van der Waals surface area contributed by atoms with Crippen LogP contribution in [-0.2, 0) is 14.1 Å². The number of carbonyl (C=O) groups is 2. The van der Waals surface area contributed by atoms with E-state index in [4.69, 9.17) is 0 Å². The van der Waals surface area contributed by atoms with Gasteiger partial charge in [-0.05, 0) is 24.3 Å². The van der Waals surface area contributed by atoms with Gasteiger partial charge in [0.15, 0.2) is 5.69 Å². The molecule has 0 unspecified atom stereocenters. The molecule has 0 spiro atoms. The molecule has 3 aromatic rings. The number of nitrogens with zero attached hydrogens (tertiary/aromatic N) is 5. The molecule has 0 aliphatic rings. The normalized spacial score (nSPS) is 10.4. The minimum Gasteiger partial charge on any atom is -0.321 e. The first kappa shape index (κ1) is 17.8. The van der Waals surface area contributed by atoms with E-state index in [1.165, 1.54) is 22.5 Å². The number of aryl methyl sites for hydroxylation is 2. The molecule has 2 amide bonds. The van der Waals surface area contributed by atoms with Gasteiger partial charge in [0.05, 0.1) is 4.92 Å². The van der Waals surface area contributed by atoms with Crippen LogP contribution in [0.3, 0.4) is 0 Å². The van der Waals surface area contributed by atoms with Gasteiger partial charge in [-0.2, -0.15) is 10.2 Å². The lowest BCUT2D eigenvalue weighted by molar-refractivity contribution is -0.385. The van der Waals surface area contributed by atoms with E-state index in [-0.39, 0.29) is 11.4 Å². The molecule has 0 aliphatic carbocycles. The monoisotopic (exact) mass is 369 g/mol. The van der Waals surface area contributed by atoms with E-state index in [1.807, 2.05) is 0 Å². The van der Waals surface area contributed by atoms with Crippen molar-refractivity contribution in [2.24, 2.45) is 14.1 Å². The second-order valence-corrected chi connectivity index (χ2v) is 5.66. The van der Waals surface area contributed by atoms with Crippen molar-refractivity contribution in [3.05, 3.63) is 64.2 Å². The number of anilines is 2. The standard InChI is InChI=1S/C16H15N7O4/c1-21-7-6-12(19-21)15(24)17-10-4-3-5-11(8-10)18-16(25)14-13(23(26)27)9-22(2)20-14/h3-9H,1-2H3,(H,17,24)(H,18,25). The van der Waals surface area contributed by atoms with Crippen LogP contribution in [0.15, 0.2) is 42.7 Å². The molecule has 2 aromatic heterocycles. The Bertz CT molecular complexity index is 1040. The second kappa shape index (κ2) is 7.07. The third kappa shape index (κ3) is 3.98. The Morgan fingerprint density at radius 3 is 2.30 bits per heavy atom. The highest BCUT2D eigenvalue weighted by molar-refractivity contribution is 6.06. The molecule has 0 bridgehead atoms. The molecule has 27 heavy (non-hydrogen) atoms. The van der Waals surface area contributed by atoms with Gasteiger partial charge in [0.1, 0.15) is 6.20 Å². The summed E-state index contributed by atoms with van der Waals surface area (Å²) in [6.07, 6.45) is 2.80. The van der Waals surface area contributed by atoms with Gasteiger partial charge in [0, 0.05) is 31.7 Å². The fourth-order valence-electron chi connectivity index (χ4n) is 2.37.